The number of hydrogen-bond donors (Lipinski definition) is 1. The first kappa shape index (κ1) is 16.6. The maximum Gasteiger partial charge on any atom is 0.211 e. The zero-order valence-corrected chi connectivity index (χ0v) is 13.4. The van der Waals surface area contributed by atoms with E-state index in [1.165, 1.54) is 16.6 Å². The average Bonchev–Trinajstić information content (AvgIpc) is 2.99. The molecule has 22 heavy (non-hydrogen) atoms. The van der Waals surface area contributed by atoms with Gasteiger partial charge in [-0.15, -0.1) is 5.10 Å². The van der Waals surface area contributed by atoms with Gasteiger partial charge in [0.1, 0.15) is 6.33 Å². The first-order chi connectivity index (χ1) is 10.6. The third-order valence-corrected chi connectivity index (χ3v) is 4.87. The second-order valence-corrected chi connectivity index (χ2v) is 7.16. The Balaban J connectivity index is 1.71. The van der Waals surface area contributed by atoms with Gasteiger partial charge in [0.25, 0.3) is 0 Å². The average molecular weight is 323 g/mol. The molecular formula is C14H21N5O2S. The highest BCUT2D eigenvalue weighted by atomic mass is 32.2. The number of nitrogens with one attached hydrogen (secondary N) is 1. The van der Waals surface area contributed by atoms with E-state index in [2.05, 4.69) is 20.2 Å². The molecule has 0 aliphatic rings. The SMILES string of the molecule is CC(CCc1ccccc1)NS(=O)(=O)CCCn1cnnn1. The zero-order valence-electron chi connectivity index (χ0n) is 12.6. The summed E-state index contributed by atoms with van der Waals surface area (Å²) in [7, 11) is -3.27. The fourth-order valence-electron chi connectivity index (χ4n) is 2.15. The van der Waals surface area contributed by atoms with Gasteiger partial charge in [-0.25, -0.2) is 17.8 Å². The summed E-state index contributed by atoms with van der Waals surface area (Å²) in [5, 5.41) is 10.7. The van der Waals surface area contributed by atoms with Gasteiger partial charge in [0.2, 0.25) is 10.0 Å². The summed E-state index contributed by atoms with van der Waals surface area (Å²) in [5.41, 5.74) is 1.22. The molecule has 1 atom stereocenters. The molecule has 0 amide bonds. The van der Waals surface area contributed by atoms with Crippen molar-refractivity contribution in [2.75, 3.05) is 5.75 Å². The molecule has 0 aliphatic carbocycles. The number of aryl methyl sites for hydroxylation is 2. The third-order valence-electron chi connectivity index (χ3n) is 3.28. The molecule has 2 rings (SSSR count). The first-order valence-electron chi connectivity index (χ1n) is 7.30. The number of sulfonamides is 1. The normalized spacial score (nSPS) is 13.1. The van der Waals surface area contributed by atoms with Crippen molar-refractivity contribution in [2.24, 2.45) is 0 Å². The second-order valence-electron chi connectivity index (χ2n) is 5.29. The molecule has 1 N–H and O–H groups in total. The van der Waals surface area contributed by atoms with Gasteiger partial charge in [-0.05, 0) is 42.2 Å². The molecular weight excluding hydrogens is 302 g/mol. The van der Waals surface area contributed by atoms with Crippen LogP contribution in [0.3, 0.4) is 0 Å². The van der Waals surface area contributed by atoms with Crippen LogP contribution in [-0.4, -0.2) is 40.4 Å². The predicted molar refractivity (Wildman–Crippen MR) is 83.6 cm³/mol. The molecule has 0 spiro atoms. The molecule has 1 aromatic carbocycles. The molecule has 8 heteroatoms. The highest BCUT2D eigenvalue weighted by Crippen LogP contribution is 2.06. The Labute approximate surface area is 130 Å². The standard InChI is InChI=1S/C14H21N5O2S/c1-13(8-9-14-6-3-2-4-7-14)16-22(20,21)11-5-10-19-12-15-17-18-19/h2-4,6-7,12-13,16H,5,8-11H2,1H3. The number of rotatable bonds is 9. The van der Waals surface area contributed by atoms with Crippen LogP contribution in [0, 0.1) is 0 Å². The Morgan fingerprint density at radius 1 is 1.27 bits per heavy atom. The summed E-state index contributed by atoms with van der Waals surface area (Å²) in [4.78, 5) is 0. The molecule has 7 nitrogen and oxygen atoms in total. The first-order valence-corrected chi connectivity index (χ1v) is 8.95. The Morgan fingerprint density at radius 3 is 2.73 bits per heavy atom. The lowest BCUT2D eigenvalue weighted by Crippen LogP contribution is -2.35. The Kier molecular flexibility index (Phi) is 6.02. The van der Waals surface area contributed by atoms with Gasteiger partial charge in [-0.2, -0.15) is 0 Å². The van der Waals surface area contributed by atoms with E-state index in [1.807, 2.05) is 37.3 Å². The van der Waals surface area contributed by atoms with Gasteiger partial charge in [-0.3, -0.25) is 0 Å². The van der Waals surface area contributed by atoms with E-state index in [0.717, 1.165) is 12.8 Å². The highest BCUT2D eigenvalue weighted by Gasteiger charge is 2.14. The van der Waals surface area contributed by atoms with Gasteiger partial charge < -0.3 is 0 Å². The molecule has 1 heterocycles. The van der Waals surface area contributed by atoms with E-state index in [1.54, 1.807) is 0 Å². The van der Waals surface area contributed by atoms with Crippen LogP contribution in [-0.2, 0) is 23.0 Å². The van der Waals surface area contributed by atoms with Crippen molar-refractivity contribution in [3.8, 4) is 0 Å². The molecule has 0 fully saturated rings. The van der Waals surface area contributed by atoms with Crippen LogP contribution in [0.15, 0.2) is 36.7 Å². The van der Waals surface area contributed by atoms with E-state index in [4.69, 9.17) is 0 Å². The monoisotopic (exact) mass is 323 g/mol. The Hall–Kier alpha value is -1.80. The zero-order chi connectivity index (χ0) is 15.8. The lowest BCUT2D eigenvalue weighted by molar-refractivity contribution is 0.533. The van der Waals surface area contributed by atoms with Crippen molar-refractivity contribution in [2.45, 2.75) is 38.8 Å². The molecule has 0 saturated heterocycles. The van der Waals surface area contributed by atoms with E-state index in [-0.39, 0.29) is 11.8 Å². The Bertz CT molecular complexity index is 643. The molecule has 120 valence electrons. The van der Waals surface area contributed by atoms with Crippen molar-refractivity contribution in [3.05, 3.63) is 42.2 Å². The Morgan fingerprint density at radius 2 is 2.05 bits per heavy atom. The van der Waals surface area contributed by atoms with Gasteiger partial charge in [0.05, 0.1) is 5.75 Å². The summed E-state index contributed by atoms with van der Waals surface area (Å²) < 4.78 is 28.3. The fourth-order valence-corrected chi connectivity index (χ4v) is 3.51. The number of aromatic nitrogens is 4. The van der Waals surface area contributed by atoms with Gasteiger partial charge in [0, 0.05) is 12.6 Å². The second kappa shape index (κ2) is 8.00. The third kappa shape index (κ3) is 5.90. The van der Waals surface area contributed by atoms with Crippen LogP contribution >= 0.6 is 0 Å². The van der Waals surface area contributed by atoms with Crippen LogP contribution in [0.4, 0.5) is 0 Å². The topological polar surface area (TPSA) is 89.8 Å². The lowest BCUT2D eigenvalue weighted by Gasteiger charge is -2.14. The minimum absolute atomic E-state index is 0.0720. The van der Waals surface area contributed by atoms with Gasteiger partial charge >= 0.3 is 0 Å². The predicted octanol–water partition coefficient (Wildman–Crippen LogP) is 1.00. The van der Waals surface area contributed by atoms with Crippen molar-refractivity contribution < 1.29 is 8.42 Å². The van der Waals surface area contributed by atoms with Crippen LogP contribution in [0.25, 0.3) is 0 Å². The quantitative estimate of drug-likeness (QED) is 0.743. The number of benzene rings is 1. The lowest BCUT2D eigenvalue weighted by atomic mass is 10.1. The summed E-state index contributed by atoms with van der Waals surface area (Å²) in [6, 6.07) is 9.96. The molecule has 0 radical (unpaired) electrons. The minimum atomic E-state index is -3.27. The van der Waals surface area contributed by atoms with Crippen LogP contribution in [0.1, 0.15) is 25.3 Å². The van der Waals surface area contributed by atoms with Crippen molar-refractivity contribution >= 4 is 10.0 Å². The summed E-state index contributed by atoms with van der Waals surface area (Å²) >= 11 is 0. The van der Waals surface area contributed by atoms with Crippen molar-refractivity contribution in [3.63, 3.8) is 0 Å². The van der Waals surface area contributed by atoms with E-state index < -0.39 is 10.0 Å². The molecule has 0 saturated carbocycles. The largest absolute Gasteiger partial charge is 0.232 e. The maximum atomic E-state index is 12.0. The smallest absolute Gasteiger partial charge is 0.211 e. The van der Waals surface area contributed by atoms with Gasteiger partial charge in [0.15, 0.2) is 0 Å². The molecule has 0 aliphatic heterocycles. The number of nitrogens with zero attached hydrogens (tertiary/aromatic N) is 4. The van der Waals surface area contributed by atoms with Crippen LogP contribution in [0.5, 0.6) is 0 Å². The maximum absolute atomic E-state index is 12.0. The highest BCUT2D eigenvalue weighted by molar-refractivity contribution is 7.89. The number of tetrazole rings is 1. The van der Waals surface area contributed by atoms with Crippen molar-refractivity contribution in [1.82, 2.24) is 24.9 Å². The molecule has 2 aromatic rings. The fraction of sp³-hybridized carbons (Fsp3) is 0.500. The summed E-state index contributed by atoms with van der Waals surface area (Å²) in [5.74, 6) is 0.0720. The van der Waals surface area contributed by atoms with Crippen LogP contribution < -0.4 is 4.72 Å². The molecule has 1 aromatic heterocycles. The van der Waals surface area contributed by atoms with Crippen LogP contribution in [0.2, 0.25) is 0 Å². The molecule has 1 unspecified atom stereocenters. The van der Waals surface area contributed by atoms with E-state index in [9.17, 15) is 8.42 Å². The van der Waals surface area contributed by atoms with Gasteiger partial charge in [-0.1, -0.05) is 30.3 Å². The number of hydrogen-bond acceptors (Lipinski definition) is 5. The summed E-state index contributed by atoms with van der Waals surface area (Å²) in [6.07, 6.45) is 3.58. The van der Waals surface area contributed by atoms with E-state index >= 15 is 0 Å². The molecule has 0 bridgehead atoms. The van der Waals surface area contributed by atoms with E-state index in [0.29, 0.717) is 13.0 Å². The minimum Gasteiger partial charge on any atom is -0.232 e. The summed E-state index contributed by atoms with van der Waals surface area (Å²) in [6.45, 7) is 2.38. The van der Waals surface area contributed by atoms with Crippen molar-refractivity contribution in [1.29, 1.82) is 0 Å².